The number of carbonyl (C=O) groups excluding carboxylic acids is 1. The van der Waals surface area contributed by atoms with Crippen LogP contribution in [0.25, 0.3) is 10.9 Å². The third-order valence-corrected chi connectivity index (χ3v) is 5.42. The van der Waals surface area contributed by atoms with E-state index < -0.39 is 5.82 Å². The number of hydrogen-bond acceptors (Lipinski definition) is 3. The molecule has 0 aliphatic heterocycles. The zero-order valence-electron chi connectivity index (χ0n) is 15.9. The number of fused-ring (bicyclic) bond motifs is 1. The first-order chi connectivity index (χ1) is 13.6. The number of nitrogens with zero attached hydrogens (tertiary/aromatic N) is 1. The quantitative estimate of drug-likeness (QED) is 0.684. The fraction of sp³-hybridized carbons (Fsp3) is 0.304. The summed E-state index contributed by atoms with van der Waals surface area (Å²) in [6.45, 7) is 2.11. The third kappa shape index (κ3) is 4.14. The van der Waals surface area contributed by atoms with Crippen LogP contribution in [0.3, 0.4) is 0 Å². The lowest BCUT2D eigenvalue weighted by Gasteiger charge is -2.30. The smallest absolute Gasteiger partial charge is 0.251 e. The largest absolute Gasteiger partial charge is 0.367 e. The second-order valence-electron chi connectivity index (χ2n) is 7.52. The lowest BCUT2D eigenvalue weighted by molar-refractivity contribution is 0.0926. The van der Waals surface area contributed by atoms with Gasteiger partial charge in [0.25, 0.3) is 5.91 Å². The van der Waals surface area contributed by atoms with E-state index in [9.17, 15) is 9.18 Å². The SMILES string of the molecule is Cc1cc(N[C@H]2CC[C@@H](NC(=O)c3cccc(F)c3)CC2)nc2ccccc12. The maximum absolute atomic E-state index is 13.3. The van der Waals surface area contributed by atoms with Gasteiger partial charge in [-0.05, 0) is 68.5 Å². The molecule has 28 heavy (non-hydrogen) atoms. The van der Waals surface area contributed by atoms with Gasteiger partial charge in [0, 0.05) is 23.0 Å². The number of aryl methyl sites for hydroxylation is 1. The minimum absolute atomic E-state index is 0.125. The van der Waals surface area contributed by atoms with Crippen molar-refractivity contribution in [2.75, 3.05) is 5.32 Å². The van der Waals surface area contributed by atoms with Crippen LogP contribution in [0.5, 0.6) is 0 Å². The zero-order chi connectivity index (χ0) is 19.5. The van der Waals surface area contributed by atoms with E-state index in [0.29, 0.717) is 11.6 Å². The van der Waals surface area contributed by atoms with Crippen LogP contribution in [0.2, 0.25) is 0 Å². The summed E-state index contributed by atoms with van der Waals surface area (Å²) in [5, 5.41) is 7.76. The maximum atomic E-state index is 13.3. The predicted octanol–water partition coefficient (Wildman–Crippen LogP) is 4.84. The molecule has 1 fully saturated rings. The molecule has 0 bridgehead atoms. The van der Waals surface area contributed by atoms with E-state index in [0.717, 1.165) is 37.0 Å². The van der Waals surface area contributed by atoms with Gasteiger partial charge in [-0.15, -0.1) is 0 Å². The molecule has 1 saturated carbocycles. The van der Waals surface area contributed by atoms with Crippen LogP contribution in [0, 0.1) is 12.7 Å². The van der Waals surface area contributed by atoms with Crippen LogP contribution < -0.4 is 10.6 Å². The summed E-state index contributed by atoms with van der Waals surface area (Å²) in [7, 11) is 0. The number of anilines is 1. The highest BCUT2D eigenvalue weighted by Crippen LogP contribution is 2.25. The Morgan fingerprint density at radius 2 is 1.75 bits per heavy atom. The van der Waals surface area contributed by atoms with Gasteiger partial charge in [-0.3, -0.25) is 4.79 Å². The molecule has 0 spiro atoms. The molecule has 1 aliphatic rings. The topological polar surface area (TPSA) is 54.0 Å². The fourth-order valence-corrected chi connectivity index (χ4v) is 3.91. The van der Waals surface area contributed by atoms with Gasteiger partial charge in [0.05, 0.1) is 5.52 Å². The molecule has 0 unspecified atom stereocenters. The van der Waals surface area contributed by atoms with Crippen molar-refractivity contribution in [3.05, 3.63) is 71.5 Å². The molecule has 0 atom stereocenters. The lowest BCUT2D eigenvalue weighted by atomic mass is 9.91. The van der Waals surface area contributed by atoms with Crippen LogP contribution in [-0.4, -0.2) is 23.0 Å². The number of amides is 1. The molecule has 5 heteroatoms. The van der Waals surface area contributed by atoms with Gasteiger partial charge in [-0.2, -0.15) is 0 Å². The molecule has 1 amide bonds. The van der Waals surface area contributed by atoms with Crippen LogP contribution in [-0.2, 0) is 0 Å². The lowest BCUT2D eigenvalue weighted by Crippen LogP contribution is -2.40. The molecule has 4 nitrogen and oxygen atoms in total. The number of aromatic nitrogens is 1. The molecule has 0 saturated heterocycles. The van der Waals surface area contributed by atoms with Gasteiger partial charge in [0.15, 0.2) is 0 Å². The second kappa shape index (κ2) is 7.97. The first-order valence-corrected chi connectivity index (χ1v) is 9.78. The second-order valence-corrected chi connectivity index (χ2v) is 7.52. The molecule has 144 valence electrons. The van der Waals surface area contributed by atoms with Crippen LogP contribution in [0.1, 0.15) is 41.6 Å². The highest BCUT2D eigenvalue weighted by atomic mass is 19.1. The van der Waals surface area contributed by atoms with E-state index in [1.54, 1.807) is 12.1 Å². The van der Waals surface area contributed by atoms with Crippen molar-refractivity contribution < 1.29 is 9.18 Å². The molecule has 2 N–H and O–H groups in total. The first kappa shape index (κ1) is 18.4. The first-order valence-electron chi connectivity index (χ1n) is 9.78. The third-order valence-electron chi connectivity index (χ3n) is 5.42. The molecule has 0 radical (unpaired) electrons. The van der Waals surface area contributed by atoms with E-state index in [1.807, 2.05) is 18.2 Å². The molecule has 1 aliphatic carbocycles. The summed E-state index contributed by atoms with van der Waals surface area (Å²) >= 11 is 0. The van der Waals surface area contributed by atoms with Gasteiger partial charge in [-0.25, -0.2) is 9.37 Å². The summed E-state index contributed by atoms with van der Waals surface area (Å²) in [5.74, 6) is 0.310. The van der Waals surface area contributed by atoms with Crippen molar-refractivity contribution in [3.63, 3.8) is 0 Å². The Morgan fingerprint density at radius 1 is 1.00 bits per heavy atom. The highest BCUT2D eigenvalue weighted by Gasteiger charge is 2.23. The standard InChI is InChI=1S/C23H24FN3O/c1-15-13-22(27-21-8-3-2-7-20(15)21)25-18-9-11-19(12-10-18)26-23(28)16-5-4-6-17(24)14-16/h2-8,13-14,18-19H,9-12H2,1H3,(H,25,27)(H,26,28)/t18-,19+. The van der Waals surface area contributed by atoms with E-state index in [2.05, 4.69) is 29.7 Å². The number of rotatable bonds is 4. The number of pyridine rings is 1. The Labute approximate surface area is 164 Å². The average molecular weight is 377 g/mol. The average Bonchev–Trinajstić information content (AvgIpc) is 2.69. The molecule has 1 aromatic heterocycles. The Bertz CT molecular complexity index is 996. The number of nitrogens with one attached hydrogen (secondary N) is 2. The molecular formula is C23H24FN3O. The van der Waals surface area contributed by atoms with Gasteiger partial charge in [0.2, 0.25) is 0 Å². The van der Waals surface area contributed by atoms with E-state index in [-0.39, 0.29) is 11.9 Å². The van der Waals surface area contributed by atoms with Crippen molar-refractivity contribution in [1.82, 2.24) is 10.3 Å². The van der Waals surface area contributed by atoms with Crippen molar-refractivity contribution >= 4 is 22.6 Å². The maximum Gasteiger partial charge on any atom is 0.251 e. The monoisotopic (exact) mass is 377 g/mol. The van der Waals surface area contributed by atoms with Gasteiger partial charge < -0.3 is 10.6 Å². The number of benzene rings is 2. The van der Waals surface area contributed by atoms with Gasteiger partial charge in [0.1, 0.15) is 11.6 Å². The van der Waals surface area contributed by atoms with E-state index >= 15 is 0 Å². The van der Waals surface area contributed by atoms with E-state index in [4.69, 9.17) is 4.98 Å². The minimum atomic E-state index is -0.390. The number of halogens is 1. The van der Waals surface area contributed by atoms with Gasteiger partial charge in [-0.1, -0.05) is 24.3 Å². The number of carbonyl (C=O) groups is 1. The minimum Gasteiger partial charge on any atom is -0.367 e. The fourth-order valence-electron chi connectivity index (χ4n) is 3.91. The Kier molecular flexibility index (Phi) is 5.24. The summed E-state index contributed by atoms with van der Waals surface area (Å²) in [5.41, 5.74) is 2.58. The summed E-state index contributed by atoms with van der Waals surface area (Å²) in [6.07, 6.45) is 3.71. The van der Waals surface area contributed by atoms with Crippen molar-refractivity contribution in [2.45, 2.75) is 44.7 Å². The summed E-state index contributed by atoms with van der Waals surface area (Å²) in [6, 6.07) is 16.5. The summed E-state index contributed by atoms with van der Waals surface area (Å²) < 4.78 is 13.3. The highest BCUT2D eigenvalue weighted by molar-refractivity contribution is 5.94. The molecule has 3 aromatic rings. The number of hydrogen-bond donors (Lipinski definition) is 2. The Balaban J connectivity index is 1.34. The Hall–Kier alpha value is -2.95. The molecule has 4 rings (SSSR count). The molecular weight excluding hydrogens is 353 g/mol. The van der Waals surface area contributed by atoms with Gasteiger partial charge >= 0.3 is 0 Å². The predicted molar refractivity (Wildman–Crippen MR) is 110 cm³/mol. The molecule has 2 aromatic carbocycles. The Morgan fingerprint density at radius 3 is 2.54 bits per heavy atom. The van der Waals surface area contributed by atoms with Crippen molar-refractivity contribution in [3.8, 4) is 0 Å². The van der Waals surface area contributed by atoms with Crippen LogP contribution >= 0.6 is 0 Å². The molecule has 1 heterocycles. The van der Waals surface area contributed by atoms with E-state index in [1.165, 1.54) is 23.1 Å². The zero-order valence-corrected chi connectivity index (χ0v) is 15.9. The number of para-hydroxylation sites is 1. The van der Waals surface area contributed by atoms with Crippen LogP contribution in [0.4, 0.5) is 10.2 Å². The van der Waals surface area contributed by atoms with Crippen LogP contribution in [0.15, 0.2) is 54.6 Å². The normalized spacial score (nSPS) is 19.4. The van der Waals surface area contributed by atoms with Crippen molar-refractivity contribution in [1.29, 1.82) is 0 Å². The summed E-state index contributed by atoms with van der Waals surface area (Å²) in [4.78, 5) is 17.0. The van der Waals surface area contributed by atoms with Crippen molar-refractivity contribution in [2.24, 2.45) is 0 Å².